The van der Waals surface area contributed by atoms with E-state index in [1.807, 2.05) is 18.2 Å². The number of benzene rings is 1. The Morgan fingerprint density at radius 2 is 1.92 bits per heavy atom. The number of hydrogen-bond acceptors (Lipinski definition) is 4. The third-order valence-electron chi connectivity index (χ3n) is 5.91. The van der Waals surface area contributed by atoms with Crippen molar-refractivity contribution < 1.29 is 14.6 Å². The molecule has 5 nitrogen and oxygen atoms in total. The monoisotopic (exact) mass is 360 g/mol. The first kappa shape index (κ1) is 19.2. The van der Waals surface area contributed by atoms with E-state index in [1.54, 1.807) is 11.8 Å². The molecule has 2 fully saturated rings. The zero-order valence-corrected chi connectivity index (χ0v) is 16.3. The number of amides is 1. The van der Waals surface area contributed by atoms with Gasteiger partial charge in [-0.25, -0.2) is 0 Å². The van der Waals surface area contributed by atoms with Gasteiger partial charge in [-0.3, -0.25) is 9.69 Å². The average Bonchev–Trinajstić information content (AvgIpc) is 3.07. The Morgan fingerprint density at radius 3 is 2.58 bits per heavy atom. The lowest BCUT2D eigenvalue weighted by atomic mass is 10.0. The first-order valence-electron chi connectivity index (χ1n) is 9.78. The second kappa shape index (κ2) is 7.97. The number of aliphatic hydroxyl groups is 1. The smallest absolute Gasteiger partial charge is 0.219 e. The maximum atomic E-state index is 12.0. The van der Waals surface area contributed by atoms with Gasteiger partial charge >= 0.3 is 0 Å². The zero-order chi connectivity index (χ0) is 18.7. The van der Waals surface area contributed by atoms with Crippen LogP contribution in [0.1, 0.15) is 43.7 Å². The molecule has 1 aliphatic heterocycles. The van der Waals surface area contributed by atoms with Crippen molar-refractivity contribution in [1.29, 1.82) is 0 Å². The summed E-state index contributed by atoms with van der Waals surface area (Å²) in [5, 5.41) is 11.3. The van der Waals surface area contributed by atoms with Crippen LogP contribution in [-0.4, -0.2) is 65.2 Å². The summed E-state index contributed by atoms with van der Waals surface area (Å²) in [6.07, 6.45) is 4.90. The number of nitrogens with zero attached hydrogens (tertiary/aromatic N) is 2. The van der Waals surface area contributed by atoms with Gasteiger partial charge < -0.3 is 14.7 Å². The van der Waals surface area contributed by atoms with Gasteiger partial charge in [-0.05, 0) is 49.9 Å². The van der Waals surface area contributed by atoms with Crippen LogP contribution in [0.15, 0.2) is 18.2 Å². The lowest BCUT2D eigenvalue weighted by Crippen LogP contribution is -2.53. The highest BCUT2D eigenvalue weighted by Crippen LogP contribution is 2.27. The lowest BCUT2D eigenvalue weighted by molar-refractivity contribution is -0.132. The van der Waals surface area contributed by atoms with Crippen molar-refractivity contribution in [1.82, 2.24) is 9.80 Å². The van der Waals surface area contributed by atoms with Crippen LogP contribution in [0.25, 0.3) is 0 Å². The summed E-state index contributed by atoms with van der Waals surface area (Å²) in [6.45, 7) is 8.30. The first-order valence-corrected chi connectivity index (χ1v) is 9.78. The fraction of sp³-hybridized carbons (Fsp3) is 0.667. The molecule has 0 bridgehead atoms. The second-order valence-electron chi connectivity index (χ2n) is 8.11. The highest BCUT2D eigenvalue weighted by molar-refractivity contribution is 5.73. The highest BCUT2D eigenvalue weighted by atomic mass is 16.5. The Hall–Kier alpha value is -1.59. The molecular weight excluding hydrogens is 328 g/mol. The van der Waals surface area contributed by atoms with Gasteiger partial charge in [0.05, 0.1) is 6.54 Å². The third-order valence-corrected chi connectivity index (χ3v) is 5.91. The zero-order valence-electron chi connectivity index (χ0n) is 16.3. The quantitative estimate of drug-likeness (QED) is 0.896. The van der Waals surface area contributed by atoms with Crippen LogP contribution in [0.5, 0.6) is 5.75 Å². The van der Waals surface area contributed by atoms with Crippen molar-refractivity contribution in [2.24, 2.45) is 0 Å². The van der Waals surface area contributed by atoms with Crippen molar-refractivity contribution in [3.63, 3.8) is 0 Å². The van der Waals surface area contributed by atoms with E-state index < -0.39 is 5.60 Å². The molecule has 1 saturated carbocycles. The van der Waals surface area contributed by atoms with E-state index in [9.17, 15) is 9.90 Å². The molecule has 1 heterocycles. The molecule has 1 saturated heterocycles. The van der Waals surface area contributed by atoms with Gasteiger partial charge in [-0.15, -0.1) is 0 Å². The number of ether oxygens (including phenoxy) is 1. The predicted octanol–water partition coefficient (Wildman–Crippen LogP) is 2.52. The number of β-amino-alcohol motifs (C(OH)–C–C–N with tert-alkyl or cyclic N) is 1. The fourth-order valence-electron chi connectivity index (χ4n) is 4.15. The molecular formula is C21H32N2O3. The molecule has 1 amide bonds. The normalized spacial score (nSPS) is 25.3. The van der Waals surface area contributed by atoms with Crippen LogP contribution in [0.4, 0.5) is 0 Å². The van der Waals surface area contributed by atoms with E-state index in [0.29, 0.717) is 25.7 Å². The minimum atomic E-state index is -1.05. The molecule has 2 aliphatic rings. The van der Waals surface area contributed by atoms with E-state index in [4.69, 9.17) is 4.74 Å². The summed E-state index contributed by atoms with van der Waals surface area (Å²) < 4.78 is 5.96. The summed E-state index contributed by atoms with van der Waals surface area (Å²) in [6, 6.07) is 6.51. The summed E-state index contributed by atoms with van der Waals surface area (Å²) in [7, 11) is 0. The van der Waals surface area contributed by atoms with Gasteiger partial charge in [0, 0.05) is 32.6 Å². The van der Waals surface area contributed by atoms with Crippen LogP contribution < -0.4 is 4.74 Å². The molecule has 0 radical (unpaired) electrons. The number of carbonyl (C=O) groups is 1. The van der Waals surface area contributed by atoms with Crippen LogP contribution >= 0.6 is 0 Å². The van der Waals surface area contributed by atoms with E-state index in [-0.39, 0.29) is 12.5 Å². The maximum Gasteiger partial charge on any atom is 0.219 e. The maximum absolute atomic E-state index is 12.0. The molecule has 1 aliphatic carbocycles. The van der Waals surface area contributed by atoms with Gasteiger partial charge in [-0.2, -0.15) is 0 Å². The van der Waals surface area contributed by atoms with Gasteiger partial charge in [0.25, 0.3) is 0 Å². The molecule has 3 rings (SSSR count). The van der Waals surface area contributed by atoms with Crippen LogP contribution in [0.2, 0.25) is 0 Å². The largest absolute Gasteiger partial charge is 0.490 e. The van der Waals surface area contributed by atoms with Crippen molar-refractivity contribution in [3.8, 4) is 5.75 Å². The highest BCUT2D eigenvalue weighted by Gasteiger charge is 2.39. The molecule has 144 valence electrons. The lowest BCUT2D eigenvalue weighted by Gasteiger charge is -2.35. The molecule has 1 aromatic carbocycles. The average molecular weight is 360 g/mol. The topological polar surface area (TPSA) is 53.0 Å². The van der Waals surface area contributed by atoms with Crippen molar-refractivity contribution in [3.05, 3.63) is 29.3 Å². The minimum absolute atomic E-state index is 0.0166. The summed E-state index contributed by atoms with van der Waals surface area (Å²) in [5.74, 6) is 0.787. The van der Waals surface area contributed by atoms with Crippen molar-refractivity contribution in [2.75, 3.05) is 32.8 Å². The van der Waals surface area contributed by atoms with E-state index in [0.717, 1.165) is 12.3 Å². The molecule has 0 unspecified atom stereocenters. The molecule has 1 atom stereocenters. The minimum Gasteiger partial charge on any atom is -0.490 e. The molecule has 5 heteroatoms. The Labute approximate surface area is 156 Å². The van der Waals surface area contributed by atoms with Crippen LogP contribution in [0.3, 0.4) is 0 Å². The van der Waals surface area contributed by atoms with Crippen molar-refractivity contribution >= 4 is 5.91 Å². The molecule has 0 spiro atoms. The molecule has 0 aromatic heterocycles. The Balaban J connectivity index is 1.72. The number of carbonyl (C=O) groups excluding carboxylic acids is 1. The summed E-state index contributed by atoms with van der Waals surface area (Å²) in [4.78, 5) is 16.1. The van der Waals surface area contributed by atoms with E-state index in [1.165, 1.54) is 36.8 Å². The third kappa shape index (κ3) is 4.57. The number of hydrogen-bond donors (Lipinski definition) is 1. The van der Waals surface area contributed by atoms with Gasteiger partial charge in [0.15, 0.2) is 0 Å². The summed E-state index contributed by atoms with van der Waals surface area (Å²) in [5.41, 5.74) is 1.35. The molecule has 26 heavy (non-hydrogen) atoms. The summed E-state index contributed by atoms with van der Waals surface area (Å²) >= 11 is 0. The predicted molar refractivity (Wildman–Crippen MR) is 102 cm³/mol. The first-order chi connectivity index (χ1) is 12.4. The fourth-order valence-corrected chi connectivity index (χ4v) is 4.15. The van der Waals surface area contributed by atoms with Gasteiger partial charge in [-0.1, -0.05) is 18.9 Å². The van der Waals surface area contributed by atoms with Crippen LogP contribution in [-0.2, 0) is 4.79 Å². The molecule has 1 N–H and O–H groups in total. The van der Waals surface area contributed by atoms with E-state index >= 15 is 0 Å². The Morgan fingerprint density at radius 1 is 1.19 bits per heavy atom. The van der Waals surface area contributed by atoms with Crippen molar-refractivity contribution in [2.45, 2.75) is 58.1 Å². The number of aryl methyl sites for hydroxylation is 2. The van der Waals surface area contributed by atoms with E-state index in [2.05, 4.69) is 18.7 Å². The Kier molecular flexibility index (Phi) is 5.88. The molecule has 1 aromatic rings. The standard InChI is InChI=1S/C21H32N2O3/c1-16-8-9-20(12-17(16)2)26-15-21(25)13-22(18(3)24)10-11-23(14-21)19-6-4-5-7-19/h8-9,12,19,25H,4-7,10-11,13-15H2,1-3H3/t21-/m1/s1. The Bertz CT molecular complexity index is 642. The number of rotatable bonds is 4. The van der Waals surface area contributed by atoms with Gasteiger partial charge in [0.2, 0.25) is 5.91 Å². The van der Waals surface area contributed by atoms with Crippen LogP contribution in [0, 0.1) is 13.8 Å². The van der Waals surface area contributed by atoms with Gasteiger partial charge in [0.1, 0.15) is 18.0 Å². The second-order valence-corrected chi connectivity index (χ2v) is 8.11. The SMILES string of the molecule is CC(=O)N1CCN(C2CCCC2)C[C@@](O)(COc2ccc(C)c(C)c2)C1.